The van der Waals surface area contributed by atoms with E-state index in [2.05, 4.69) is 35.2 Å². The van der Waals surface area contributed by atoms with E-state index in [9.17, 15) is 0 Å². The third-order valence-corrected chi connectivity index (χ3v) is 4.36. The van der Waals surface area contributed by atoms with Gasteiger partial charge in [-0.05, 0) is 18.6 Å². The molecule has 130 valence electrons. The minimum Gasteiger partial charge on any atom is -0.497 e. The average molecular weight is 344 g/mol. The van der Waals surface area contributed by atoms with E-state index < -0.39 is 0 Å². The van der Waals surface area contributed by atoms with Crippen molar-refractivity contribution >= 4 is 10.9 Å². The van der Waals surface area contributed by atoms with Gasteiger partial charge in [-0.15, -0.1) is 0 Å². The summed E-state index contributed by atoms with van der Waals surface area (Å²) in [6, 6.07) is 16.1. The lowest BCUT2D eigenvalue weighted by molar-refractivity contribution is 0.415. The Bertz CT molecular complexity index is 1040. The lowest BCUT2D eigenvalue weighted by atomic mass is 10.0. The highest BCUT2D eigenvalue weighted by Gasteiger charge is 2.17. The Kier molecular flexibility index (Phi) is 4.35. The first kappa shape index (κ1) is 16.3. The van der Waals surface area contributed by atoms with Gasteiger partial charge >= 0.3 is 0 Å². The molecule has 0 N–H and O–H groups in total. The molecule has 0 amide bonds. The first-order chi connectivity index (χ1) is 12.8. The van der Waals surface area contributed by atoms with Crippen molar-refractivity contribution in [3.63, 3.8) is 0 Å². The largest absolute Gasteiger partial charge is 0.497 e. The Morgan fingerprint density at radius 3 is 2.62 bits per heavy atom. The maximum Gasteiger partial charge on any atom is 0.121 e. The molecule has 0 aliphatic rings. The van der Waals surface area contributed by atoms with Crippen molar-refractivity contribution in [2.75, 3.05) is 7.11 Å². The Morgan fingerprint density at radius 1 is 1.00 bits per heavy atom. The lowest BCUT2D eigenvalue weighted by Gasteiger charge is -2.07. The second kappa shape index (κ2) is 6.96. The molecule has 5 nitrogen and oxygen atoms in total. The number of aryl methyl sites for hydroxylation is 1. The van der Waals surface area contributed by atoms with E-state index in [1.807, 2.05) is 41.1 Å². The van der Waals surface area contributed by atoms with Crippen LogP contribution in [0.1, 0.15) is 13.3 Å². The molecule has 0 unspecified atom stereocenters. The third kappa shape index (κ3) is 2.92. The van der Waals surface area contributed by atoms with Crippen LogP contribution in [0.25, 0.3) is 33.4 Å². The quantitative estimate of drug-likeness (QED) is 0.532. The van der Waals surface area contributed by atoms with Gasteiger partial charge in [-0.25, -0.2) is 9.97 Å². The second-order valence-electron chi connectivity index (χ2n) is 6.13. The summed E-state index contributed by atoms with van der Waals surface area (Å²) in [6.45, 7) is 3.02. The van der Waals surface area contributed by atoms with Gasteiger partial charge in [0.25, 0.3) is 0 Å². The molecule has 0 aliphatic carbocycles. The number of ether oxygens (including phenoxy) is 1. The zero-order chi connectivity index (χ0) is 17.9. The Balaban J connectivity index is 1.94. The van der Waals surface area contributed by atoms with Gasteiger partial charge in [-0.3, -0.25) is 4.68 Å². The summed E-state index contributed by atoms with van der Waals surface area (Å²) < 4.78 is 7.32. The van der Waals surface area contributed by atoms with E-state index in [1.54, 1.807) is 13.4 Å². The maximum atomic E-state index is 5.32. The van der Waals surface area contributed by atoms with Gasteiger partial charge in [-0.1, -0.05) is 37.3 Å². The molecular weight excluding hydrogens is 324 g/mol. The average Bonchev–Trinajstić information content (AvgIpc) is 3.11. The number of fused-ring (bicyclic) bond motifs is 1. The SMILES string of the molecule is CCCn1cc(-c2ncnc3cc(OC)ccc23)c(-c2ccccc2)n1. The summed E-state index contributed by atoms with van der Waals surface area (Å²) in [6.07, 6.45) is 4.71. The molecule has 5 heteroatoms. The minimum atomic E-state index is 0.784. The van der Waals surface area contributed by atoms with Crippen LogP contribution in [0, 0.1) is 0 Å². The monoisotopic (exact) mass is 344 g/mol. The summed E-state index contributed by atoms with van der Waals surface area (Å²) in [5, 5.41) is 5.81. The van der Waals surface area contributed by atoms with Gasteiger partial charge in [0.05, 0.1) is 18.3 Å². The van der Waals surface area contributed by atoms with Crippen LogP contribution < -0.4 is 4.74 Å². The number of hydrogen-bond acceptors (Lipinski definition) is 4. The van der Waals surface area contributed by atoms with E-state index >= 15 is 0 Å². The van der Waals surface area contributed by atoms with Crippen molar-refractivity contribution in [1.82, 2.24) is 19.7 Å². The van der Waals surface area contributed by atoms with E-state index in [0.29, 0.717) is 0 Å². The first-order valence-electron chi connectivity index (χ1n) is 8.72. The van der Waals surface area contributed by atoms with Crippen molar-refractivity contribution in [2.24, 2.45) is 0 Å². The molecule has 26 heavy (non-hydrogen) atoms. The predicted molar refractivity (Wildman–Crippen MR) is 103 cm³/mol. The summed E-state index contributed by atoms with van der Waals surface area (Å²) in [5.74, 6) is 0.784. The number of benzene rings is 2. The number of hydrogen-bond donors (Lipinski definition) is 0. The molecule has 0 atom stereocenters. The molecule has 0 saturated carbocycles. The van der Waals surface area contributed by atoms with Crippen molar-refractivity contribution in [1.29, 1.82) is 0 Å². The summed E-state index contributed by atoms with van der Waals surface area (Å²) in [4.78, 5) is 8.99. The first-order valence-corrected chi connectivity index (χ1v) is 8.72. The molecule has 2 aromatic carbocycles. The Labute approximate surface area is 152 Å². The predicted octanol–water partition coefficient (Wildman–Crippen LogP) is 4.58. The maximum absolute atomic E-state index is 5.32. The molecule has 0 radical (unpaired) electrons. The summed E-state index contributed by atoms with van der Waals surface area (Å²) in [5.41, 5.74) is 4.78. The highest BCUT2D eigenvalue weighted by Crippen LogP contribution is 2.34. The van der Waals surface area contributed by atoms with Crippen molar-refractivity contribution in [2.45, 2.75) is 19.9 Å². The van der Waals surface area contributed by atoms with Gasteiger partial charge < -0.3 is 4.74 Å². The number of methoxy groups -OCH3 is 1. The highest BCUT2D eigenvalue weighted by atomic mass is 16.5. The Hall–Kier alpha value is -3.21. The number of rotatable bonds is 5. The van der Waals surface area contributed by atoms with Crippen molar-refractivity contribution in [3.05, 3.63) is 61.1 Å². The second-order valence-corrected chi connectivity index (χ2v) is 6.13. The van der Waals surface area contributed by atoms with Crippen LogP contribution in [-0.4, -0.2) is 26.9 Å². The number of nitrogens with zero attached hydrogens (tertiary/aromatic N) is 4. The fourth-order valence-electron chi connectivity index (χ4n) is 3.13. The molecule has 0 saturated heterocycles. The van der Waals surface area contributed by atoms with E-state index in [0.717, 1.165) is 52.1 Å². The van der Waals surface area contributed by atoms with Crippen molar-refractivity contribution < 1.29 is 4.74 Å². The van der Waals surface area contributed by atoms with Crippen LogP contribution in [0.2, 0.25) is 0 Å². The van der Waals surface area contributed by atoms with Gasteiger partial charge in [0.1, 0.15) is 17.8 Å². The van der Waals surface area contributed by atoms with Crippen LogP contribution in [0.4, 0.5) is 0 Å². The molecule has 0 bridgehead atoms. The standard InChI is InChI=1S/C21H20N4O/c1-3-11-25-13-18(20(24-25)15-7-5-4-6-8-15)21-17-10-9-16(26-2)12-19(17)22-14-23-21/h4-10,12-14H,3,11H2,1-2H3. The van der Waals surface area contributed by atoms with E-state index in [1.165, 1.54) is 0 Å². The van der Waals surface area contributed by atoms with Crippen molar-refractivity contribution in [3.8, 4) is 28.3 Å². The molecule has 0 spiro atoms. The van der Waals surface area contributed by atoms with E-state index in [-0.39, 0.29) is 0 Å². The normalized spacial score (nSPS) is 11.0. The summed E-state index contributed by atoms with van der Waals surface area (Å²) in [7, 11) is 1.66. The fraction of sp³-hybridized carbons (Fsp3) is 0.190. The fourth-order valence-corrected chi connectivity index (χ4v) is 3.13. The van der Waals surface area contributed by atoms with Crippen LogP contribution >= 0.6 is 0 Å². The minimum absolute atomic E-state index is 0.784. The molecule has 0 fully saturated rings. The van der Waals surface area contributed by atoms with Gasteiger partial charge in [-0.2, -0.15) is 5.10 Å². The molecule has 2 heterocycles. The van der Waals surface area contributed by atoms with Crippen LogP contribution in [0.15, 0.2) is 61.1 Å². The smallest absolute Gasteiger partial charge is 0.121 e. The third-order valence-electron chi connectivity index (χ3n) is 4.36. The zero-order valence-corrected chi connectivity index (χ0v) is 14.9. The van der Waals surface area contributed by atoms with Crippen LogP contribution in [-0.2, 0) is 6.54 Å². The lowest BCUT2D eigenvalue weighted by Crippen LogP contribution is -1.96. The molecule has 4 rings (SSSR count). The van der Waals surface area contributed by atoms with Crippen LogP contribution in [0.5, 0.6) is 5.75 Å². The highest BCUT2D eigenvalue weighted by molar-refractivity contribution is 5.96. The van der Waals surface area contributed by atoms with Gasteiger partial charge in [0, 0.05) is 35.3 Å². The topological polar surface area (TPSA) is 52.8 Å². The molecule has 4 aromatic rings. The number of aromatic nitrogens is 4. The zero-order valence-electron chi connectivity index (χ0n) is 14.9. The van der Waals surface area contributed by atoms with Crippen LogP contribution in [0.3, 0.4) is 0 Å². The summed E-state index contributed by atoms with van der Waals surface area (Å²) >= 11 is 0. The molecule has 0 aliphatic heterocycles. The molecular formula is C21H20N4O. The molecule has 2 aromatic heterocycles. The van der Waals surface area contributed by atoms with E-state index in [4.69, 9.17) is 9.84 Å². The Morgan fingerprint density at radius 2 is 1.85 bits per heavy atom. The van der Waals surface area contributed by atoms with Gasteiger partial charge in [0.15, 0.2) is 0 Å². The van der Waals surface area contributed by atoms with Gasteiger partial charge in [0.2, 0.25) is 0 Å².